The van der Waals surface area contributed by atoms with Crippen molar-refractivity contribution in [2.75, 3.05) is 6.61 Å². The zero-order valence-corrected chi connectivity index (χ0v) is 10.3. The van der Waals surface area contributed by atoms with Gasteiger partial charge in [0.15, 0.2) is 6.61 Å². The van der Waals surface area contributed by atoms with Gasteiger partial charge in [0.1, 0.15) is 5.75 Å². The van der Waals surface area contributed by atoms with E-state index >= 15 is 0 Å². The van der Waals surface area contributed by atoms with E-state index in [4.69, 9.17) is 9.47 Å². The standard InChI is InChI=1S/C13H18O4/c1-9(2)17-13(15)8-16-12-6-4-5-11(7-12)10(3)14/h4-7,9-10,14H,8H2,1-3H3/t10-/m0/s1. The van der Waals surface area contributed by atoms with Gasteiger partial charge in [0.2, 0.25) is 0 Å². The summed E-state index contributed by atoms with van der Waals surface area (Å²) in [5, 5.41) is 9.40. The van der Waals surface area contributed by atoms with Crippen LogP contribution in [-0.2, 0) is 9.53 Å². The molecule has 1 aromatic rings. The van der Waals surface area contributed by atoms with Crippen LogP contribution in [0, 0.1) is 0 Å². The third-order valence-electron chi connectivity index (χ3n) is 2.06. The predicted molar refractivity (Wildman–Crippen MR) is 63.8 cm³/mol. The Morgan fingerprint density at radius 3 is 2.65 bits per heavy atom. The second-order valence-corrected chi connectivity index (χ2v) is 4.08. The van der Waals surface area contributed by atoms with Crippen LogP contribution in [0.3, 0.4) is 0 Å². The van der Waals surface area contributed by atoms with Gasteiger partial charge in [0.05, 0.1) is 12.2 Å². The molecule has 4 heteroatoms. The minimum atomic E-state index is -0.554. The Hall–Kier alpha value is -1.55. The first-order valence-corrected chi connectivity index (χ1v) is 5.59. The molecule has 0 amide bonds. The summed E-state index contributed by atoms with van der Waals surface area (Å²) in [6, 6.07) is 7.00. The van der Waals surface area contributed by atoms with Crippen molar-refractivity contribution in [3.63, 3.8) is 0 Å². The summed E-state index contributed by atoms with van der Waals surface area (Å²) < 4.78 is 10.2. The van der Waals surface area contributed by atoms with Gasteiger partial charge in [-0.25, -0.2) is 4.79 Å². The Labute approximate surface area is 101 Å². The summed E-state index contributed by atoms with van der Waals surface area (Å²) in [5.41, 5.74) is 0.750. The fourth-order valence-corrected chi connectivity index (χ4v) is 1.30. The minimum absolute atomic E-state index is 0.124. The fourth-order valence-electron chi connectivity index (χ4n) is 1.30. The second kappa shape index (κ2) is 6.25. The van der Waals surface area contributed by atoms with Crippen LogP contribution in [0.5, 0.6) is 5.75 Å². The summed E-state index contributed by atoms with van der Waals surface area (Å²) >= 11 is 0. The first-order valence-electron chi connectivity index (χ1n) is 5.59. The Bertz CT molecular complexity index is 371. The Morgan fingerprint density at radius 2 is 2.06 bits per heavy atom. The fraction of sp³-hybridized carbons (Fsp3) is 0.462. The van der Waals surface area contributed by atoms with Crippen molar-refractivity contribution in [2.24, 2.45) is 0 Å². The topological polar surface area (TPSA) is 55.8 Å². The van der Waals surface area contributed by atoms with Gasteiger partial charge >= 0.3 is 5.97 Å². The number of aliphatic hydroxyl groups excluding tert-OH is 1. The molecule has 0 spiro atoms. The van der Waals surface area contributed by atoms with Crippen molar-refractivity contribution in [3.8, 4) is 5.75 Å². The largest absolute Gasteiger partial charge is 0.482 e. The quantitative estimate of drug-likeness (QED) is 0.798. The number of rotatable bonds is 5. The van der Waals surface area contributed by atoms with E-state index in [1.807, 2.05) is 0 Å². The molecule has 1 rings (SSSR count). The van der Waals surface area contributed by atoms with Crippen LogP contribution in [0.15, 0.2) is 24.3 Å². The maximum Gasteiger partial charge on any atom is 0.344 e. The third-order valence-corrected chi connectivity index (χ3v) is 2.06. The SMILES string of the molecule is CC(C)OC(=O)COc1cccc([C@H](C)O)c1. The highest BCUT2D eigenvalue weighted by atomic mass is 16.6. The summed E-state index contributed by atoms with van der Waals surface area (Å²) in [6.45, 7) is 5.12. The van der Waals surface area contributed by atoms with E-state index in [9.17, 15) is 9.90 Å². The molecule has 1 aromatic carbocycles. The first kappa shape index (κ1) is 13.5. The van der Waals surface area contributed by atoms with Crippen molar-refractivity contribution < 1.29 is 19.4 Å². The number of benzene rings is 1. The molecule has 4 nitrogen and oxygen atoms in total. The monoisotopic (exact) mass is 238 g/mol. The van der Waals surface area contributed by atoms with Crippen LogP contribution in [0.1, 0.15) is 32.4 Å². The molecule has 0 saturated carbocycles. The van der Waals surface area contributed by atoms with Crippen molar-refractivity contribution in [3.05, 3.63) is 29.8 Å². The Balaban J connectivity index is 2.52. The highest BCUT2D eigenvalue weighted by molar-refractivity contribution is 5.71. The second-order valence-electron chi connectivity index (χ2n) is 4.08. The molecule has 17 heavy (non-hydrogen) atoms. The zero-order valence-electron chi connectivity index (χ0n) is 10.3. The highest BCUT2D eigenvalue weighted by Gasteiger charge is 2.07. The molecular formula is C13H18O4. The van der Waals surface area contributed by atoms with Crippen LogP contribution in [0.4, 0.5) is 0 Å². The summed E-state index contributed by atoms with van der Waals surface area (Å²) in [5.74, 6) is 0.145. The van der Waals surface area contributed by atoms with E-state index in [1.165, 1.54) is 0 Å². The normalized spacial score (nSPS) is 12.3. The maximum atomic E-state index is 11.2. The van der Waals surface area contributed by atoms with Crippen molar-refractivity contribution in [1.29, 1.82) is 0 Å². The number of hydrogen-bond acceptors (Lipinski definition) is 4. The lowest BCUT2D eigenvalue weighted by Gasteiger charge is -2.10. The molecular weight excluding hydrogens is 220 g/mol. The van der Waals surface area contributed by atoms with Crippen LogP contribution in [0.2, 0.25) is 0 Å². The molecule has 0 aliphatic rings. The molecule has 0 aromatic heterocycles. The number of carbonyl (C=O) groups excluding carboxylic acids is 1. The molecule has 0 aliphatic carbocycles. The van der Waals surface area contributed by atoms with Gasteiger partial charge in [-0.2, -0.15) is 0 Å². The van der Waals surface area contributed by atoms with Crippen LogP contribution in [-0.4, -0.2) is 23.8 Å². The van der Waals surface area contributed by atoms with Crippen molar-refractivity contribution in [2.45, 2.75) is 33.0 Å². The van der Waals surface area contributed by atoms with E-state index in [2.05, 4.69) is 0 Å². The van der Waals surface area contributed by atoms with E-state index < -0.39 is 12.1 Å². The zero-order chi connectivity index (χ0) is 12.8. The Morgan fingerprint density at radius 1 is 1.35 bits per heavy atom. The van der Waals surface area contributed by atoms with Crippen LogP contribution < -0.4 is 4.74 Å². The number of aliphatic hydroxyl groups is 1. The van der Waals surface area contributed by atoms with Gasteiger partial charge in [-0.1, -0.05) is 12.1 Å². The van der Waals surface area contributed by atoms with Crippen molar-refractivity contribution >= 4 is 5.97 Å². The van der Waals surface area contributed by atoms with Gasteiger partial charge < -0.3 is 14.6 Å². The van der Waals surface area contributed by atoms with Gasteiger partial charge in [0.25, 0.3) is 0 Å². The van der Waals surface area contributed by atoms with E-state index in [0.717, 1.165) is 5.56 Å². The van der Waals surface area contributed by atoms with Gasteiger partial charge in [-0.15, -0.1) is 0 Å². The lowest BCUT2D eigenvalue weighted by atomic mass is 10.1. The average molecular weight is 238 g/mol. The van der Waals surface area contributed by atoms with Gasteiger partial charge in [0, 0.05) is 0 Å². The van der Waals surface area contributed by atoms with Crippen molar-refractivity contribution in [1.82, 2.24) is 0 Å². The first-order chi connectivity index (χ1) is 7.99. The lowest BCUT2D eigenvalue weighted by molar-refractivity contribution is -0.149. The molecule has 0 fully saturated rings. The number of hydrogen-bond donors (Lipinski definition) is 1. The van der Waals surface area contributed by atoms with Crippen LogP contribution in [0.25, 0.3) is 0 Å². The lowest BCUT2D eigenvalue weighted by Crippen LogP contribution is -2.18. The third kappa shape index (κ3) is 4.87. The van der Waals surface area contributed by atoms with E-state index in [-0.39, 0.29) is 12.7 Å². The van der Waals surface area contributed by atoms with Gasteiger partial charge in [-0.05, 0) is 38.5 Å². The smallest absolute Gasteiger partial charge is 0.344 e. The predicted octanol–water partition coefficient (Wildman–Crippen LogP) is 2.07. The molecule has 0 saturated heterocycles. The van der Waals surface area contributed by atoms with E-state index in [0.29, 0.717) is 5.75 Å². The summed E-state index contributed by atoms with van der Waals surface area (Å²) in [7, 11) is 0. The molecule has 0 unspecified atom stereocenters. The Kier molecular flexibility index (Phi) is 4.97. The maximum absolute atomic E-state index is 11.2. The average Bonchev–Trinajstić information content (AvgIpc) is 2.26. The molecule has 1 atom stereocenters. The van der Waals surface area contributed by atoms with Crippen LogP contribution >= 0.6 is 0 Å². The number of ether oxygens (including phenoxy) is 2. The molecule has 94 valence electrons. The highest BCUT2D eigenvalue weighted by Crippen LogP contribution is 2.18. The molecule has 0 heterocycles. The minimum Gasteiger partial charge on any atom is -0.482 e. The molecule has 0 bridgehead atoms. The number of carbonyl (C=O) groups is 1. The summed E-state index contributed by atoms with van der Waals surface area (Å²) in [6.07, 6.45) is -0.698. The molecule has 0 aliphatic heterocycles. The molecule has 0 radical (unpaired) electrons. The summed E-state index contributed by atoms with van der Waals surface area (Å²) in [4.78, 5) is 11.2. The molecule has 1 N–H and O–H groups in total. The van der Waals surface area contributed by atoms with Gasteiger partial charge in [-0.3, -0.25) is 0 Å². The number of esters is 1. The van der Waals surface area contributed by atoms with E-state index in [1.54, 1.807) is 45.0 Å².